The van der Waals surface area contributed by atoms with Crippen LogP contribution in [0.2, 0.25) is 0 Å². The Balaban J connectivity index is 1.70. The van der Waals surface area contributed by atoms with Gasteiger partial charge in [0.15, 0.2) is 0 Å². The Bertz CT molecular complexity index is 1270. The first-order chi connectivity index (χ1) is 16.1. The molecular weight excluding hydrogens is 416 g/mol. The summed E-state index contributed by atoms with van der Waals surface area (Å²) in [6, 6.07) is 17.2. The number of hydrogen-bond acceptors (Lipinski definition) is 5. The van der Waals surface area contributed by atoms with E-state index in [4.69, 9.17) is 4.74 Å². The van der Waals surface area contributed by atoms with Crippen LogP contribution in [0.5, 0.6) is 5.75 Å². The summed E-state index contributed by atoms with van der Waals surface area (Å²) in [6.45, 7) is 0. The second-order valence-corrected chi connectivity index (χ2v) is 8.29. The van der Waals surface area contributed by atoms with Gasteiger partial charge in [-0.25, -0.2) is 0 Å². The number of pyridine rings is 1. The van der Waals surface area contributed by atoms with Gasteiger partial charge in [0.05, 0.1) is 24.1 Å². The fourth-order valence-electron chi connectivity index (χ4n) is 4.76. The zero-order valence-corrected chi connectivity index (χ0v) is 18.3. The van der Waals surface area contributed by atoms with Gasteiger partial charge in [0, 0.05) is 11.8 Å². The van der Waals surface area contributed by atoms with Gasteiger partial charge in [-0.15, -0.1) is 0 Å². The van der Waals surface area contributed by atoms with E-state index in [9.17, 15) is 14.7 Å². The highest BCUT2D eigenvalue weighted by molar-refractivity contribution is 6.51. The number of hydrogen-bond donors (Lipinski definition) is 1. The summed E-state index contributed by atoms with van der Waals surface area (Å²) >= 11 is 0. The van der Waals surface area contributed by atoms with E-state index in [-0.39, 0.29) is 11.3 Å². The molecule has 1 aromatic heterocycles. The predicted molar refractivity (Wildman–Crippen MR) is 125 cm³/mol. The predicted octanol–water partition coefficient (Wildman–Crippen LogP) is 4.60. The van der Waals surface area contributed by atoms with E-state index in [1.807, 2.05) is 18.2 Å². The fraction of sp³-hybridized carbons (Fsp3) is 0.222. The van der Waals surface area contributed by atoms with Gasteiger partial charge in [0.2, 0.25) is 0 Å². The first-order valence-electron chi connectivity index (χ1n) is 11.1. The number of methoxy groups -OCH3 is 1. The number of rotatable bonds is 4. The van der Waals surface area contributed by atoms with Crippen molar-refractivity contribution in [2.75, 3.05) is 12.0 Å². The number of fused-ring (bicyclic) bond motifs is 1. The second kappa shape index (κ2) is 8.54. The first-order valence-corrected chi connectivity index (χ1v) is 11.1. The van der Waals surface area contributed by atoms with Crippen LogP contribution in [0.1, 0.15) is 41.3 Å². The minimum Gasteiger partial charge on any atom is -0.507 e. The normalized spacial score (nSPS) is 19.4. The zero-order valence-electron chi connectivity index (χ0n) is 18.3. The highest BCUT2D eigenvalue weighted by atomic mass is 16.5. The molecule has 1 saturated heterocycles. The van der Waals surface area contributed by atoms with Gasteiger partial charge in [0.1, 0.15) is 17.6 Å². The monoisotopic (exact) mass is 440 g/mol. The maximum absolute atomic E-state index is 13.3. The summed E-state index contributed by atoms with van der Waals surface area (Å²) in [5.41, 5.74) is 3.95. The van der Waals surface area contributed by atoms with Crippen molar-refractivity contribution in [3.05, 3.63) is 94.8 Å². The minimum absolute atomic E-state index is 0.0281. The van der Waals surface area contributed by atoms with Crippen molar-refractivity contribution >= 4 is 23.1 Å². The smallest absolute Gasteiger partial charge is 0.300 e. The number of carbonyl (C=O) groups excluding carboxylic acids is 2. The number of Topliss-reactive ketones (excluding diaryl/α,β-unsaturated/α-hetero) is 1. The SMILES string of the molecule is COc1ccccc1N1C(=O)C(=O)/C(=C(\O)c2ccc3c(c2)CCCC3)C1c1ccccn1. The van der Waals surface area contributed by atoms with Crippen LogP contribution in [0, 0.1) is 0 Å². The van der Waals surface area contributed by atoms with Crippen LogP contribution in [-0.2, 0) is 22.4 Å². The van der Waals surface area contributed by atoms with Gasteiger partial charge in [-0.1, -0.05) is 30.3 Å². The van der Waals surface area contributed by atoms with Gasteiger partial charge in [-0.05, 0) is 67.1 Å². The number of aryl methyl sites for hydroxylation is 2. The summed E-state index contributed by atoms with van der Waals surface area (Å²) in [5.74, 6) is -1.20. The van der Waals surface area contributed by atoms with Crippen molar-refractivity contribution in [2.45, 2.75) is 31.7 Å². The van der Waals surface area contributed by atoms with E-state index < -0.39 is 17.7 Å². The maximum atomic E-state index is 13.3. The van der Waals surface area contributed by atoms with E-state index in [0.717, 1.165) is 25.7 Å². The third-order valence-electron chi connectivity index (χ3n) is 6.38. The van der Waals surface area contributed by atoms with E-state index in [1.54, 1.807) is 48.7 Å². The number of anilines is 1. The van der Waals surface area contributed by atoms with Crippen LogP contribution >= 0.6 is 0 Å². The quantitative estimate of drug-likeness (QED) is 0.365. The van der Waals surface area contributed by atoms with E-state index >= 15 is 0 Å². The van der Waals surface area contributed by atoms with E-state index in [2.05, 4.69) is 4.98 Å². The van der Waals surface area contributed by atoms with Crippen molar-refractivity contribution < 1.29 is 19.4 Å². The number of para-hydroxylation sites is 2. The number of nitrogens with zero attached hydrogens (tertiary/aromatic N) is 2. The molecule has 1 aliphatic carbocycles. The summed E-state index contributed by atoms with van der Waals surface area (Å²) in [4.78, 5) is 32.4. The molecule has 2 aliphatic rings. The average Bonchev–Trinajstić information content (AvgIpc) is 3.13. The molecule has 1 aliphatic heterocycles. The summed E-state index contributed by atoms with van der Waals surface area (Å²) in [5, 5.41) is 11.4. The van der Waals surface area contributed by atoms with Gasteiger partial charge < -0.3 is 9.84 Å². The molecule has 2 heterocycles. The molecule has 1 fully saturated rings. The van der Waals surface area contributed by atoms with Crippen LogP contribution in [0.25, 0.3) is 5.76 Å². The number of aromatic nitrogens is 1. The molecule has 33 heavy (non-hydrogen) atoms. The summed E-state index contributed by atoms with van der Waals surface area (Å²) < 4.78 is 5.46. The maximum Gasteiger partial charge on any atom is 0.300 e. The van der Waals surface area contributed by atoms with Gasteiger partial charge in [-0.3, -0.25) is 19.5 Å². The standard InChI is InChI=1S/C27H24N2O4/c1-33-22-12-5-4-11-21(22)29-24(20-10-6-7-15-28-20)23(26(31)27(29)32)25(30)19-14-13-17-8-2-3-9-18(17)16-19/h4-7,10-16,24,30H,2-3,8-9H2,1H3/b25-23-. The lowest BCUT2D eigenvalue weighted by Gasteiger charge is -2.26. The molecule has 1 amide bonds. The van der Waals surface area contributed by atoms with Gasteiger partial charge in [0.25, 0.3) is 11.7 Å². The zero-order chi connectivity index (χ0) is 22.9. The Labute approximate surface area is 192 Å². The molecular formula is C27H24N2O4. The molecule has 1 atom stereocenters. The number of carbonyl (C=O) groups is 2. The minimum atomic E-state index is -0.876. The molecule has 6 nitrogen and oxygen atoms in total. The molecule has 1 unspecified atom stereocenters. The Morgan fingerprint density at radius 1 is 1.00 bits per heavy atom. The van der Waals surface area contributed by atoms with Crippen molar-refractivity contribution in [3.63, 3.8) is 0 Å². The van der Waals surface area contributed by atoms with Crippen LogP contribution in [0.3, 0.4) is 0 Å². The van der Waals surface area contributed by atoms with E-state index in [1.165, 1.54) is 23.1 Å². The Hall–Kier alpha value is -3.93. The lowest BCUT2D eigenvalue weighted by atomic mass is 9.89. The van der Waals surface area contributed by atoms with Crippen molar-refractivity contribution in [2.24, 2.45) is 0 Å². The number of amides is 1. The number of aliphatic hydroxyl groups excluding tert-OH is 1. The van der Waals surface area contributed by atoms with Crippen LogP contribution in [-0.4, -0.2) is 28.9 Å². The second-order valence-electron chi connectivity index (χ2n) is 8.29. The number of benzene rings is 2. The largest absolute Gasteiger partial charge is 0.507 e. The molecule has 3 aromatic rings. The van der Waals surface area contributed by atoms with Gasteiger partial charge in [-0.2, -0.15) is 0 Å². The van der Waals surface area contributed by atoms with Crippen LogP contribution < -0.4 is 9.64 Å². The van der Waals surface area contributed by atoms with Gasteiger partial charge >= 0.3 is 0 Å². The van der Waals surface area contributed by atoms with Crippen molar-refractivity contribution in [3.8, 4) is 5.75 Å². The fourth-order valence-corrected chi connectivity index (χ4v) is 4.76. The molecule has 6 heteroatoms. The molecule has 166 valence electrons. The summed E-state index contributed by atoms with van der Waals surface area (Å²) in [6.07, 6.45) is 5.82. The number of ether oxygens (including phenoxy) is 1. The lowest BCUT2D eigenvalue weighted by molar-refractivity contribution is -0.132. The third kappa shape index (κ3) is 3.57. The topological polar surface area (TPSA) is 79.7 Å². The highest BCUT2D eigenvalue weighted by Crippen LogP contribution is 2.44. The van der Waals surface area contributed by atoms with Crippen LogP contribution in [0.15, 0.2) is 72.4 Å². The Morgan fingerprint density at radius 2 is 1.76 bits per heavy atom. The lowest BCUT2D eigenvalue weighted by Crippen LogP contribution is -2.30. The molecule has 0 bridgehead atoms. The number of ketones is 1. The Morgan fingerprint density at radius 3 is 2.52 bits per heavy atom. The molecule has 2 aromatic carbocycles. The molecule has 0 radical (unpaired) electrons. The van der Waals surface area contributed by atoms with Crippen LogP contribution in [0.4, 0.5) is 5.69 Å². The van der Waals surface area contributed by atoms with Crippen molar-refractivity contribution in [1.82, 2.24) is 4.98 Å². The Kier molecular flexibility index (Phi) is 5.42. The summed E-state index contributed by atoms with van der Waals surface area (Å²) in [7, 11) is 1.51. The molecule has 0 saturated carbocycles. The molecule has 5 rings (SSSR count). The third-order valence-corrected chi connectivity index (χ3v) is 6.38. The number of aliphatic hydroxyl groups is 1. The molecule has 1 N–H and O–H groups in total. The average molecular weight is 440 g/mol. The van der Waals surface area contributed by atoms with E-state index in [0.29, 0.717) is 22.7 Å². The molecule has 0 spiro atoms. The highest BCUT2D eigenvalue weighted by Gasteiger charge is 2.48. The first kappa shape index (κ1) is 20.9. The van der Waals surface area contributed by atoms with Crippen molar-refractivity contribution in [1.29, 1.82) is 0 Å².